The molecule has 1 heterocycles. The Balaban J connectivity index is 2.18. The minimum absolute atomic E-state index is 0.153. The van der Waals surface area contributed by atoms with Crippen LogP contribution in [0.4, 0.5) is 0 Å². The fourth-order valence-corrected chi connectivity index (χ4v) is 2.94. The average molecular weight is 168 g/mol. The van der Waals surface area contributed by atoms with E-state index in [2.05, 4.69) is 34.0 Å². The first kappa shape index (κ1) is 7.53. The topological polar surface area (TPSA) is 27.0 Å². The lowest BCUT2D eigenvalue weighted by Crippen LogP contribution is -2.26. The van der Waals surface area contributed by atoms with Crippen molar-refractivity contribution >= 4 is 9.39 Å². The van der Waals surface area contributed by atoms with E-state index >= 15 is 0 Å². The Kier molecular flexibility index (Phi) is 1.35. The number of nitriles is 1. The van der Waals surface area contributed by atoms with Crippen molar-refractivity contribution in [2.75, 3.05) is 6.54 Å². The molecule has 0 amide bonds. The molecule has 0 N–H and O–H groups in total. The van der Waals surface area contributed by atoms with E-state index in [1.807, 2.05) is 0 Å². The monoisotopic (exact) mass is 168 g/mol. The number of rotatable bonds is 0. The van der Waals surface area contributed by atoms with Crippen LogP contribution in [0.1, 0.15) is 13.8 Å². The first-order valence-electron chi connectivity index (χ1n) is 4.00. The maximum Gasteiger partial charge on any atom is 0.104 e. The van der Waals surface area contributed by atoms with Crippen molar-refractivity contribution in [3.05, 3.63) is 0 Å². The van der Waals surface area contributed by atoms with Crippen LogP contribution in [-0.4, -0.2) is 17.3 Å². The van der Waals surface area contributed by atoms with Gasteiger partial charge in [0.05, 0.1) is 6.07 Å². The molecule has 0 bridgehead atoms. The SMILES string of the molecule is CC1(C)C2CN(P)[C@H](C#N)[C@H]21. The number of hydrogen-bond acceptors (Lipinski definition) is 2. The Labute approximate surface area is 69.8 Å². The third-order valence-electron chi connectivity index (χ3n) is 3.38. The van der Waals surface area contributed by atoms with E-state index in [1.54, 1.807) is 0 Å². The van der Waals surface area contributed by atoms with Gasteiger partial charge in [0.1, 0.15) is 6.04 Å². The smallest absolute Gasteiger partial charge is 0.104 e. The summed E-state index contributed by atoms with van der Waals surface area (Å²) in [6, 6.07) is 2.52. The van der Waals surface area contributed by atoms with Crippen molar-refractivity contribution < 1.29 is 0 Å². The van der Waals surface area contributed by atoms with Crippen LogP contribution in [0.2, 0.25) is 0 Å². The first-order chi connectivity index (χ1) is 5.09. The van der Waals surface area contributed by atoms with Crippen LogP contribution in [0.15, 0.2) is 0 Å². The maximum absolute atomic E-state index is 8.86. The predicted molar refractivity (Wildman–Crippen MR) is 46.6 cm³/mol. The molecule has 2 aliphatic rings. The van der Waals surface area contributed by atoms with Gasteiger partial charge in [-0.25, -0.2) is 0 Å². The summed E-state index contributed by atoms with van der Waals surface area (Å²) in [7, 11) is 2.65. The van der Waals surface area contributed by atoms with Gasteiger partial charge in [0.15, 0.2) is 0 Å². The summed E-state index contributed by atoms with van der Waals surface area (Å²) in [4.78, 5) is 0. The zero-order chi connectivity index (χ0) is 8.22. The predicted octanol–water partition coefficient (Wildman–Crippen LogP) is 1.26. The average Bonchev–Trinajstić information content (AvgIpc) is 2.38. The van der Waals surface area contributed by atoms with E-state index in [9.17, 15) is 0 Å². The highest BCUT2D eigenvalue weighted by Gasteiger charge is 2.66. The lowest BCUT2D eigenvalue weighted by molar-refractivity contribution is 0.347. The molecule has 2 nitrogen and oxygen atoms in total. The van der Waals surface area contributed by atoms with E-state index in [0.29, 0.717) is 11.3 Å². The summed E-state index contributed by atoms with van der Waals surface area (Å²) in [5.74, 6) is 1.40. The van der Waals surface area contributed by atoms with Gasteiger partial charge in [-0.3, -0.25) is 4.67 Å². The van der Waals surface area contributed by atoms with Gasteiger partial charge in [-0.05, 0) is 17.3 Å². The first-order valence-corrected chi connectivity index (χ1v) is 4.51. The van der Waals surface area contributed by atoms with Gasteiger partial charge in [0.2, 0.25) is 0 Å². The molecule has 2 unspecified atom stereocenters. The molecular formula is C8H13N2P. The van der Waals surface area contributed by atoms with E-state index in [0.717, 1.165) is 12.5 Å². The molecule has 0 radical (unpaired) electrons. The summed E-state index contributed by atoms with van der Waals surface area (Å²) in [5, 5.41) is 8.86. The molecule has 2 fully saturated rings. The third kappa shape index (κ3) is 0.789. The maximum atomic E-state index is 8.86. The Bertz CT molecular complexity index is 231. The molecule has 4 atom stereocenters. The van der Waals surface area contributed by atoms with Gasteiger partial charge < -0.3 is 0 Å². The zero-order valence-corrected chi connectivity index (χ0v) is 8.07. The molecule has 0 aromatic heterocycles. The largest absolute Gasteiger partial charge is 0.271 e. The molecule has 60 valence electrons. The van der Waals surface area contributed by atoms with Gasteiger partial charge in [0, 0.05) is 6.54 Å². The molecular weight excluding hydrogens is 155 g/mol. The van der Waals surface area contributed by atoms with Crippen LogP contribution >= 0.6 is 9.39 Å². The summed E-state index contributed by atoms with van der Waals surface area (Å²) in [6.45, 7) is 5.62. The zero-order valence-electron chi connectivity index (χ0n) is 6.91. The van der Waals surface area contributed by atoms with Gasteiger partial charge >= 0.3 is 0 Å². The van der Waals surface area contributed by atoms with E-state index < -0.39 is 0 Å². The van der Waals surface area contributed by atoms with Crippen LogP contribution in [0.5, 0.6) is 0 Å². The number of fused-ring (bicyclic) bond motifs is 1. The second-order valence-corrected chi connectivity index (χ2v) is 4.89. The van der Waals surface area contributed by atoms with Crippen molar-refractivity contribution in [3.8, 4) is 6.07 Å². The van der Waals surface area contributed by atoms with Gasteiger partial charge in [-0.2, -0.15) is 5.26 Å². The lowest BCUT2D eigenvalue weighted by atomic mass is 10.0. The molecule has 0 aromatic rings. The minimum atomic E-state index is 0.153. The van der Waals surface area contributed by atoms with Crippen LogP contribution in [0, 0.1) is 28.6 Å². The molecule has 1 saturated heterocycles. The van der Waals surface area contributed by atoms with Crippen LogP contribution in [0.25, 0.3) is 0 Å². The normalized spacial score (nSPS) is 46.5. The Hall–Kier alpha value is -0.120. The number of hydrogen-bond donors (Lipinski definition) is 0. The molecule has 0 aromatic carbocycles. The van der Waals surface area contributed by atoms with E-state index in [-0.39, 0.29) is 6.04 Å². The molecule has 1 saturated carbocycles. The number of nitrogens with zero attached hydrogens (tertiary/aromatic N) is 2. The minimum Gasteiger partial charge on any atom is -0.271 e. The van der Waals surface area contributed by atoms with Gasteiger partial charge in [-0.1, -0.05) is 23.2 Å². The molecule has 3 heteroatoms. The molecule has 0 spiro atoms. The summed E-state index contributed by atoms with van der Waals surface area (Å²) >= 11 is 0. The van der Waals surface area contributed by atoms with Crippen LogP contribution in [0.3, 0.4) is 0 Å². The third-order valence-corrected chi connectivity index (χ3v) is 3.91. The standard InChI is InChI=1S/C8H13N2P/c1-8(2)5-4-10(11)6(3-9)7(5)8/h5-7H,4,11H2,1-2H3/t5?,6-,7+/m1/s1. The second kappa shape index (κ2) is 1.97. The molecule has 11 heavy (non-hydrogen) atoms. The van der Waals surface area contributed by atoms with Gasteiger partial charge in [-0.15, -0.1) is 0 Å². The van der Waals surface area contributed by atoms with Crippen molar-refractivity contribution in [2.45, 2.75) is 19.9 Å². The van der Waals surface area contributed by atoms with E-state index in [4.69, 9.17) is 5.26 Å². The Morgan fingerprint density at radius 1 is 1.64 bits per heavy atom. The summed E-state index contributed by atoms with van der Waals surface area (Å²) in [5.41, 5.74) is 0.438. The highest BCUT2D eigenvalue weighted by molar-refractivity contribution is 7.13. The molecule has 1 aliphatic heterocycles. The fourth-order valence-electron chi connectivity index (χ4n) is 2.46. The highest BCUT2D eigenvalue weighted by atomic mass is 31.0. The van der Waals surface area contributed by atoms with Crippen molar-refractivity contribution in [2.24, 2.45) is 17.3 Å². The fraction of sp³-hybridized carbons (Fsp3) is 0.875. The molecule has 2 rings (SSSR count). The summed E-state index contributed by atoms with van der Waals surface area (Å²) in [6.07, 6.45) is 0. The Morgan fingerprint density at radius 3 is 2.64 bits per heavy atom. The Morgan fingerprint density at radius 2 is 2.27 bits per heavy atom. The van der Waals surface area contributed by atoms with E-state index in [1.165, 1.54) is 0 Å². The lowest BCUT2D eigenvalue weighted by Gasteiger charge is -2.20. The van der Waals surface area contributed by atoms with Crippen LogP contribution in [-0.2, 0) is 0 Å². The quantitative estimate of drug-likeness (QED) is 0.509. The van der Waals surface area contributed by atoms with Crippen molar-refractivity contribution in [1.29, 1.82) is 5.26 Å². The highest BCUT2D eigenvalue weighted by Crippen LogP contribution is 2.65. The second-order valence-electron chi connectivity index (χ2n) is 4.22. The molecule has 1 aliphatic carbocycles. The van der Waals surface area contributed by atoms with Crippen molar-refractivity contribution in [1.82, 2.24) is 4.67 Å². The van der Waals surface area contributed by atoms with Gasteiger partial charge in [0.25, 0.3) is 0 Å². The van der Waals surface area contributed by atoms with Crippen LogP contribution < -0.4 is 0 Å². The van der Waals surface area contributed by atoms with Crippen molar-refractivity contribution in [3.63, 3.8) is 0 Å². The summed E-state index contributed by atoms with van der Waals surface area (Å²) < 4.78 is 2.10. The number of piperidine rings is 1.